The molecule has 0 saturated carbocycles. The Morgan fingerprint density at radius 1 is 1.05 bits per heavy atom. The molecule has 0 saturated heterocycles. The van der Waals surface area contributed by atoms with Crippen molar-refractivity contribution in [2.75, 3.05) is 25.1 Å². The minimum atomic E-state index is -4.26. The Morgan fingerprint density at radius 3 is 1.90 bits per heavy atom. The Balaban J connectivity index is 3.00. The van der Waals surface area contributed by atoms with Crippen LogP contribution in [0.2, 0.25) is 0 Å². The first-order chi connectivity index (χ1) is 9.25. The van der Waals surface area contributed by atoms with Crippen LogP contribution in [0.5, 0.6) is 0 Å². The van der Waals surface area contributed by atoms with E-state index in [1.807, 2.05) is 26.0 Å². The van der Waals surface area contributed by atoms with Crippen molar-refractivity contribution in [3.05, 3.63) is 29.8 Å². The summed E-state index contributed by atoms with van der Waals surface area (Å²) in [5.41, 5.74) is 0.192. The fourth-order valence-corrected chi connectivity index (χ4v) is 2.29. The van der Waals surface area contributed by atoms with Crippen LogP contribution in [0.4, 0.5) is 18.9 Å². The predicted octanol–water partition coefficient (Wildman–Crippen LogP) is 4.35. The van der Waals surface area contributed by atoms with Crippen molar-refractivity contribution in [1.29, 1.82) is 0 Å². The maximum atomic E-state index is 12.7. The van der Waals surface area contributed by atoms with Crippen LogP contribution in [0.15, 0.2) is 24.3 Å². The number of benzene rings is 1. The molecular weight excluding hydrogens is 267 g/mol. The molecule has 114 valence electrons. The highest BCUT2D eigenvalue weighted by molar-refractivity contribution is 5.48. The van der Waals surface area contributed by atoms with Gasteiger partial charge in [0.05, 0.1) is 12.0 Å². The molecule has 1 rings (SSSR count). The summed E-state index contributed by atoms with van der Waals surface area (Å²) < 4.78 is 43.1. The fourth-order valence-electron chi connectivity index (χ4n) is 2.29. The minimum absolute atomic E-state index is 0.535. The molecule has 0 spiro atoms. The standard InChI is InChI=1S/C15H22F3NO/c1-5-19(6-2)13-9-7-12(8-10-13)14(3,20-4)11-15(16,17)18/h7-10H,5-6,11H2,1-4H3. The summed E-state index contributed by atoms with van der Waals surface area (Å²) in [5.74, 6) is 0. The Bertz CT molecular complexity index is 412. The molecule has 1 aromatic rings. The molecule has 0 N–H and O–H groups in total. The second-order valence-corrected chi connectivity index (χ2v) is 4.95. The van der Waals surface area contributed by atoms with Gasteiger partial charge in [-0.05, 0) is 38.5 Å². The highest BCUT2D eigenvalue weighted by Gasteiger charge is 2.40. The lowest BCUT2D eigenvalue weighted by atomic mass is 9.91. The molecule has 0 aromatic heterocycles. The van der Waals surface area contributed by atoms with Gasteiger partial charge in [0.15, 0.2) is 0 Å². The number of rotatable bonds is 6. The van der Waals surface area contributed by atoms with Gasteiger partial charge in [-0.1, -0.05) is 12.1 Å². The van der Waals surface area contributed by atoms with E-state index in [1.54, 1.807) is 12.1 Å². The first kappa shape index (κ1) is 16.8. The zero-order valence-electron chi connectivity index (χ0n) is 12.4. The molecule has 1 atom stereocenters. The maximum absolute atomic E-state index is 12.7. The number of hydrogen-bond acceptors (Lipinski definition) is 2. The quantitative estimate of drug-likeness (QED) is 0.772. The maximum Gasteiger partial charge on any atom is 0.392 e. The molecule has 0 bridgehead atoms. The molecule has 0 aliphatic carbocycles. The molecule has 0 heterocycles. The highest BCUT2D eigenvalue weighted by Crippen LogP contribution is 2.37. The minimum Gasteiger partial charge on any atom is -0.373 e. The lowest BCUT2D eigenvalue weighted by Crippen LogP contribution is -2.31. The van der Waals surface area contributed by atoms with Crippen molar-refractivity contribution in [3.63, 3.8) is 0 Å². The summed E-state index contributed by atoms with van der Waals surface area (Å²) in [7, 11) is 1.31. The van der Waals surface area contributed by atoms with Gasteiger partial charge in [0.25, 0.3) is 0 Å². The molecular formula is C15H22F3NO. The smallest absolute Gasteiger partial charge is 0.373 e. The van der Waals surface area contributed by atoms with Crippen LogP contribution in [0.1, 0.15) is 32.8 Å². The number of ether oxygens (including phenoxy) is 1. The Labute approximate surface area is 118 Å². The molecule has 2 nitrogen and oxygen atoms in total. The Hall–Kier alpha value is -1.23. The lowest BCUT2D eigenvalue weighted by molar-refractivity contribution is -0.181. The van der Waals surface area contributed by atoms with Gasteiger partial charge in [0.2, 0.25) is 0 Å². The largest absolute Gasteiger partial charge is 0.392 e. The molecule has 0 amide bonds. The summed E-state index contributed by atoms with van der Waals surface area (Å²) in [6.07, 6.45) is -5.26. The second kappa shape index (κ2) is 6.48. The third-order valence-electron chi connectivity index (χ3n) is 3.59. The van der Waals surface area contributed by atoms with E-state index in [-0.39, 0.29) is 0 Å². The van der Waals surface area contributed by atoms with Gasteiger partial charge < -0.3 is 9.64 Å². The van der Waals surface area contributed by atoms with E-state index in [2.05, 4.69) is 4.90 Å². The van der Waals surface area contributed by atoms with Crippen molar-refractivity contribution in [2.45, 2.75) is 39.0 Å². The third-order valence-corrected chi connectivity index (χ3v) is 3.59. The number of nitrogens with zero attached hydrogens (tertiary/aromatic N) is 1. The number of alkyl halides is 3. The predicted molar refractivity (Wildman–Crippen MR) is 75.0 cm³/mol. The molecule has 0 aliphatic rings. The van der Waals surface area contributed by atoms with E-state index < -0.39 is 18.2 Å². The van der Waals surface area contributed by atoms with Crippen molar-refractivity contribution in [1.82, 2.24) is 0 Å². The third kappa shape index (κ3) is 4.13. The zero-order chi connectivity index (χ0) is 15.4. The molecule has 5 heteroatoms. The van der Waals surface area contributed by atoms with Gasteiger partial charge in [-0.2, -0.15) is 13.2 Å². The Kier molecular flexibility index (Phi) is 5.45. The summed E-state index contributed by atoms with van der Waals surface area (Å²) in [4.78, 5) is 2.14. The second-order valence-electron chi connectivity index (χ2n) is 4.95. The Morgan fingerprint density at radius 2 is 1.55 bits per heavy atom. The van der Waals surface area contributed by atoms with Crippen LogP contribution in [-0.2, 0) is 10.3 Å². The van der Waals surface area contributed by atoms with E-state index in [0.29, 0.717) is 5.56 Å². The first-order valence-corrected chi connectivity index (χ1v) is 6.73. The van der Waals surface area contributed by atoms with Crippen LogP contribution in [0.25, 0.3) is 0 Å². The van der Waals surface area contributed by atoms with Crippen molar-refractivity contribution < 1.29 is 17.9 Å². The van der Waals surface area contributed by atoms with E-state index in [0.717, 1.165) is 18.8 Å². The molecule has 0 fully saturated rings. The normalized spacial score (nSPS) is 14.9. The number of hydrogen-bond donors (Lipinski definition) is 0. The molecule has 20 heavy (non-hydrogen) atoms. The van der Waals surface area contributed by atoms with Crippen molar-refractivity contribution in [2.24, 2.45) is 0 Å². The highest BCUT2D eigenvalue weighted by atomic mass is 19.4. The summed E-state index contributed by atoms with van der Waals surface area (Å²) in [5, 5.41) is 0. The topological polar surface area (TPSA) is 12.5 Å². The summed E-state index contributed by atoms with van der Waals surface area (Å²) in [6.45, 7) is 7.27. The van der Waals surface area contributed by atoms with Gasteiger partial charge in [0.1, 0.15) is 0 Å². The lowest BCUT2D eigenvalue weighted by Gasteiger charge is -2.30. The van der Waals surface area contributed by atoms with Gasteiger partial charge >= 0.3 is 6.18 Å². The van der Waals surface area contributed by atoms with Crippen LogP contribution in [0.3, 0.4) is 0 Å². The summed E-state index contributed by atoms with van der Waals surface area (Å²) in [6, 6.07) is 7.11. The van der Waals surface area contributed by atoms with E-state index in [4.69, 9.17) is 4.74 Å². The molecule has 0 aliphatic heterocycles. The van der Waals surface area contributed by atoms with Gasteiger partial charge in [0, 0.05) is 25.9 Å². The van der Waals surface area contributed by atoms with Crippen LogP contribution >= 0.6 is 0 Å². The monoisotopic (exact) mass is 289 g/mol. The SMILES string of the molecule is CCN(CC)c1ccc(C(C)(CC(F)(F)F)OC)cc1. The summed E-state index contributed by atoms with van der Waals surface area (Å²) >= 11 is 0. The van der Waals surface area contributed by atoms with Gasteiger partial charge in [-0.25, -0.2) is 0 Å². The fraction of sp³-hybridized carbons (Fsp3) is 0.600. The zero-order valence-corrected chi connectivity index (χ0v) is 12.4. The molecule has 1 unspecified atom stereocenters. The average molecular weight is 289 g/mol. The van der Waals surface area contributed by atoms with Gasteiger partial charge in [-0.3, -0.25) is 0 Å². The first-order valence-electron chi connectivity index (χ1n) is 6.73. The average Bonchev–Trinajstić information content (AvgIpc) is 2.39. The number of methoxy groups -OCH3 is 1. The van der Waals surface area contributed by atoms with Crippen LogP contribution in [-0.4, -0.2) is 26.4 Å². The van der Waals surface area contributed by atoms with E-state index >= 15 is 0 Å². The van der Waals surface area contributed by atoms with Crippen LogP contribution < -0.4 is 4.90 Å². The van der Waals surface area contributed by atoms with E-state index in [1.165, 1.54) is 14.0 Å². The van der Waals surface area contributed by atoms with Crippen molar-refractivity contribution >= 4 is 5.69 Å². The van der Waals surface area contributed by atoms with E-state index in [9.17, 15) is 13.2 Å². The number of halogens is 3. The van der Waals surface area contributed by atoms with Crippen LogP contribution in [0, 0.1) is 0 Å². The molecule has 0 radical (unpaired) electrons. The molecule has 1 aromatic carbocycles. The van der Waals surface area contributed by atoms with Gasteiger partial charge in [-0.15, -0.1) is 0 Å². The van der Waals surface area contributed by atoms with Crippen molar-refractivity contribution in [3.8, 4) is 0 Å². The number of anilines is 1.